The summed E-state index contributed by atoms with van der Waals surface area (Å²) in [5.41, 5.74) is 11.7. The van der Waals surface area contributed by atoms with Crippen molar-refractivity contribution in [3.05, 3.63) is 56.5 Å². The minimum atomic E-state index is -0.0669. The number of benzene rings is 2. The molecule has 112 valence electrons. The van der Waals surface area contributed by atoms with Crippen LogP contribution in [0.1, 0.15) is 17.2 Å². The molecule has 2 rings (SSSR count). The third kappa shape index (κ3) is 3.97. The van der Waals surface area contributed by atoms with Crippen molar-refractivity contribution in [3.63, 3.8) is 0 Å². The number of anilines is 1. The summed E-state index contributed by atoms with van der Waals surface area (Å²) in [5, 5.41) is 0. The van der Waals surface area contributed by atoms with Crippen LogP contribution in [-0.2, 0) is 6.42 Å². The van der Waals surface area contributed by atoms with Crippen LogP contribution in [-0.4, -0.2) is 7.11 Å². The number of hydrogen-bond donors (Lipinski definition) is 3. The molecule has 0 saturated heterocycles. The van der Waals surface area contributed by atoms with Crippen molar-refractivity contribution in [3.8, 4) is 5.75 Å². The Balaban J connectivity index is 2.26. The van der Waals surface area contributed by atoms with Crippen molar-refractivity contribution < 1.29 is 4.74 Å². The predicted octanol–water partition coefficient (Wildman–Crippen LogP) is 3.55. The number of rotatable bonds is 5. The van der Waals surface area contributed by atoms with Crippen LogP contribution < -0.4 is 21.7 Å². The quantitative estimate of drug-likeness (QED) is 0.397. The molecule has 0 spiro atoms. The number of nitrogens with two attached hydrogens (primary N) is 2. The lowest BCUT2D eigenvalue weighted by Crippen LogP contribution is -2.30. The average molecular weight is 415 g/mol. The van der Waals surface area contributed by atoms with E-state index in [1.165, 1.54) is 0 Å². The molecule has 2 aromatic rings. The van der Waals surface area contributed by atoms with Crippen molar-refractivity contribution in [1.29, 1.82) is 0 Å². The first-order chi connectivity index (χ1) is 10.0. The number of methoxy groups -OCH3 is 1. The van der Waals surface area contributed by atoms with Crippen LogP contribution in [0.5, 0.6) is 5.75 Å². The molecule has 0 radical (unpaired) electrons. The second-order valence-electron chi connectivity index (χ2n) is 4.67. The van der Waals surface area contributed by atoms with Crippen LogP contribution in [0, 0.1) is 0 Å². The molecule has 1 unspecified atom stereocenters. The monoisotopic (exact) mass is 413 g/mol. The Kier molecular flexibility index (Phi) is 5.64. The first-order valence-electron chi connectivity index (χ1n) is 6.38. The van der Waals surface area contributed by atoms with Gasteiger partial charge in [-0.3, -0.25) is 11.3 Å². The van der Waals surface area contributed by atoms with Crippen LogP contribution in [0.2, 0.25) is 0 Å². The van der Waals surface area contributed by atoms with E-state index in [1.54, 1.807) is 7.11 Å². The minimum absolute atomic E-state index is 0.0669. The van der Waals surface area contributed by atoms with Crippen LogP contribution in [0.4, 0.5) is 5.69 Å². The maximum Gasteiger partial charge on any atom is 0.133 e. The zero-order valence-electron chi connectivity index (χ0n) is 11.6. The SMILES string of the molecule is COc1ccc(CC(NN)c2cc(Br)ccc2N)cc1Br. The molecule has 0 heterocycles. The second-order valence-corrected chi connectivity index (χ2v) is 6.44. The van der Waals surface area contributed by atoms with E-state index in [1.807, 2.05) is 36.4 Å². The molecule has 1 atom stereocenters. The summed E-state index contributed by atoms with van der Waals surface area (Å²) < 4.78 is 7.13. The van der Waals surface area contributed by atoms with Gasteiger partial charge >= 0.3 is 0 Å². The molecule has 5 N–H and O–H groups in total. The Morgan fingerprint density at radius 2 is 1.95 bits per heavy atom. The van der Waals surface area contributed by atoms with Gasteiger partial charge in [-0.05, 0) is 63.8 Å². The van der Waals surface area contributed by atoms with E-state index in [0.717, 1.165) is 32.2 Å². The molecular formula is C15H17Br2N3O. The highest BCUT2D eigenvalue weighted by atomic mass is 79.9. The van der Waals surface area contributed by atoms with Gasteiger partial charge < -0.3 is 10.5 Å². The maximum absolute atomic E-state index is 6.05. The molecule has 0 amide bonds. The van der Waals surface area contributed by atoms with Crippen LogP contribution in [0.25, 0.3) is 0 Å². The standard InChI is InChI=1S/C15H17Br2N3O/c1-21-15-5-2-9(6-12(15)17)7-14(20-19)11-8-10(16)3-4-13(11)18/h2-6,8,14,20H,7,18-19H2,1H3. The summed E-state index contributed by atoms with van der Waals surface area (Å²) in [6.45, 7) is 0. The third-order valence-electron chi connectivity index (χ3n) is 3.28. The second kappa shape index (κ2) is 7.26. The Labute approximate surface area is 141 Å². The van der Waals surface area contributed by atoms with E-state index in [4.69, 9.17) is 16.3 Å². The first-order valence-corrected chi connectivity index (χ1v) is 7.97. The maximum atomic E-state index is 6.05. The normalized spacial score (nSPS) is 12.2. The number of nitrogen functional groups attached to an aromatic ring is 1. The van der Waals surface area contributed by atoms with Gasteiger partial charge in [0, 0.05) is 10.2 Å². The predicted molar refractivity (Wildman–Crippen MR) is 93.0 cm³/mol. The molecule has 0 fully saturated rings. The minimum Gasteiger partial charge on any atom is -0.496 e. The number of nitrogens with one attached hydrogen (secondary N) is 1. The van der Waals surface area contributed by atoms with E-state index in [2.05, 4.69) is 37.3 Å². The van der Waals surface area contributed by atoms with Gasteiger partial charge in [-0.25, -0.2) is 0 Å². The highest BCUT2D eigenvalue weighted by Gasteiger charge is 2.15. The van der Waals surface area contributed by atoms with Crippen molar-refractivity contribution in [2.45, 2.75) is 12.5 Å². The fraction of sp³-hybridized carbons (Fsp3) is 0.200. The molecular weight excluding hydrogens is 398 g/mol. The van der Waals surface area contributed by atoms with Crippen molar-refractivity contribution >= 4 is 37.5 Å². The van der Waals surface area contributed by atoms with E-state index >= 15 is 0 Å². The van der Waals surface area contributed by atoms with Crippen LogP contribution in [0.15, 0.2) is 45.3 Å². The lowest BCUT2D eigenvalue weighted by Gasteiger charge is -2.19. The Morgan fingerprint density at radius 1 is 1.19 bits per heavy atom. The third-order valence-corrected chi connectivity index (χ3v) is 4.39. The number of hydrogen-bond acceptors (Lipinski definition) is 4. The number of hydrazine groups is 1. The highest BCUT2D eigenvalue weighted by molar-refractivity contribution is 9.10. The summed E-state index contributed by atoms with van der Waals surface area (Å²) in [6, 6.07) is 11.7. The molecule has 0 aromatic heterocycles. The van der Waals surface area contributed by atoms with Gasteiger partial charge in [0.2, 0.25) is 0 Å². The van der Waals surface area contributed by atoms with Gasteiger partial charge in [0.25, 0.3) is 0 Å². The lowest BCUT2D eigenvalue weighted by atomic mass is 9.98. The zero-order chi connectivity index (χ0) is 15.4. The van der Waals surface area contributed by atoms with Crippen molar-refractivity contribution in [2.24, 2.45) is 5.84 Å². The lowest BCUT2D eigenvalue weighted by molar-refractivity contribution is 0.412. The molecule has 6 heteroatoms. The molecule has 21 heavy (non-hydrogen) atoms. The summed E-state index contributed by atoms with van der Waals surface area (Å²) >= 11 is 6.95. The Bertz CT molecular complexity index is 634. The summed E-state index contributed by atoms with van der Waals surface area (Å²) in [5.74, 6) is 6.51. The van der Waals surface area contributed by atoms with Crippen molar-refractivity contribution in [1.82, 2.24) is 5.43 Å². The van der Waals surface area contributed by atoms with E-state index in [-0.39, 0.29) is 6.04 Å². The zero-order valence-corrected chi connectivity index (χ0v) is 14.7. The molecule has 0 aliphatic rings. The van der Waals surface area contributed by atoms with Crippen LogP contribution in [0.3, 0.4) is 0 Å². The molecule has 0 bridgehead atoms. The summed E-state index contributed by atoms with van der Waals surface area (Å²) in [4.78, 5) is 0. The molecule has 0 aliphatic heterocycles. The van der Waals surface area contributed by atoms with E-state index in [0.29, 0.717) is 5.69 Å². The topological polar surface area (TPSA) is 73.3 Å². The fourth-order valence-electron chi connectivity index (χ4n) is 2.18. The van der Waals surface area contributed by atoms with Gasteiger partial charge in [-0.2, -0.15) is 0 Å². The molecule has 4 nitrogen and oxygen atoms in total. The van der Waals surface area contributed by atoms with E-state index < -0.39 is 0 Å². The van der Waals surface area contributed by atoms with Gasteiger partial charge in [-0.1, -0.05) is 22.0 Å². The first kappa shape index (κ1) is 16.3. The van der Waals surface area contributed by atoms with Crippen molar-refractivity contribution in [2.75, 3.05) is 12.8 Å². The van der Waals surface area contributed by atoms with Gasteiger partial charge in [-0.15, -0.1) is 0 Å². The Hall–Kier alpha value is -1.08. The average Bonchev–Trinajstić information content (AvgIpc) is 2.47. The van der Waals surface area contributed by atoms with Gasteiger partial charge in [0.05, 0.1) is 17.6 Å². The number of ether oxygens (including phenoxy) is 1. The molecule has 0 saturated carbocycles. The Morgan fingerprint density at radius 3 is 2.57 bits per heavy atom. The van der Waals surface area contributed by atoms with Gasteiger partial charge in [0.15, 0.2) is 0 Å². The highest BCUT2D eigenvalue weighted by Crippen LogP contribution is 2.30. The largest absolute Gasteiger partial charge is 0.496 e. The smallest absolute Gasteiger partial charge is 0.133 e. The summed E-state index contributed by atoms with van der Waals surface area (Å²) in [7, 11) is 1.65. The van der Waals surface area contributed by atoms with Gasteiger partial charge in [0.1, 0.15) is 5.75 Å². The van der Waals surface area contributed by atoms with Crippen LogP contribution >= 0.6 is 31.9 Å². The molecule has 2 aromatic carbocycles. The fourth-order valence-corrected chi connectivity index (χ4v) is 3.15. The molecule has 0 aliphatic carbocycles. The number of halogens is 2. The van der Waals surface area contributed by atoms with E-state index in [9.17, 15) is 0 Å². The summed E-state index contributed by atoms with van der Waals surface area (Å²) in [6.07, 6.45) is 0.722.